The molecule has 94 valence electrons. The van der Waals surface area contributed by atoms with E-state index in [0.29, 0.717) is 0 Å². The van der Waals surface area contributed by atoms with Crippen LogP contribution in [-0.2, 0) is 4.79 Å². The molecule has 1 fully saturated rings. The highest BCUT2D eigenvalue weighted by Gasteiger charge is 2.33. The number of halogens is 1. The van der Waals surface area contributed by atoms with Crippen LogP contribution in [0.4, 0.5) is 0 Å². The van der Waals surface area contributed by atoms with E-state index in [-0.39, 0.29) is 17.4 Å². The van der Waals surface area contributed by atoms with Crippen molar-refractivity contribution >= 4 is 21.8 Å². The molecule has 1 N–H and O–H groups in total. The molecule has 3 heteroatoms. The Bertz CT molecular complexity index is 220. The van der Waals surface area contributed by atoms with Crippen molar-refractivity contribution in [1.29, 1.82) is 0 Å². The summed E-state index contributed by atoms with van der Waals surface area (Å²) in [6.07, 6.45) is 7.95. The Hall–Kier alpha value is -0.0500. The van der Waals surface area contributed by atoms with Crippen molar-refractivity contribution in [3.63, 3.8) is 0 Å². The Kier molecular flexibility index (Phi) is 5.81. The number of carbonyl (C=O) groups is 1. The van der Waals surface area contributed by atoms with Crippen molar-refractivity contribution in [2.75, 3.05) is 5.33 Å². The Labute approximate surface area is 108 Å². The Morgan fingerprint density at radius 1 is 1.25 bits per heavy atom. The summed E-state index contributed by atoms with van der Waals surface area (Å²) in [6.45, 7) is 4.19. The van der Waals surface area contributed by atoms with Crippen molar-refractivity contribution in [3.8, 4) is 0 Å². The number of amides is 1. The van der Waals surface area contributed by atoms with Crippen LogP contribution in [-0.4, -0.2) is 16.8 Å². The first-order valence-electron chi connectivity index (χ1n) is 6.55. The molecular formula is C13H24BrNO. The molecule has 0 unspecified atom stereocenters. The van der Waals surface area contributed by atoms with Crippen LogP contribution >= 0.6 is 15.9 Å². The average Bonchev–Trinajstić information content (AvgIpc) is 2.32. The van der Waals surface area contributed by atoms with Gasteiger partial charge in [-0.3, -0.25) is 4.79 Å². The molecule has 0 heterocycles. The molecule has 2 nitrogen and oxygen atoms in total. The van der Waals surface area contributed by atoms with Gasteiger partial charge in [0.15, 0.2) is 0 Å². The van der Waals surface area contributed by atoms with E-state index in [1.807, 2.05) is 0 Å². The normalized spacial score (nSPS) is 19.8. The average molecular weight is 290 g/mol. The van der Waals surface area contributed by atoms with Gasteiger partial charge in [0.1, 0.15) is 0 Å². The van der Waals surface area contributed by atoms with Gasteiger partial charge in [0.2, 0.25) is 5.91 Å². The van der Waals surface area contributed by atoms with E-state index >= 15 is 0 Å². The summed E-state index contributed by atoms with van der Waals surface area (Å²) in [4.78, 5) is 12.1. The molecule has 0 radical (unpaired) electrons. The summed E-state index contributed by atoms with van der Waals surface area (Å²) in [5, 5.41) is 4.19. The number of hydrogen-bond donors (Lipinski definition) is 1. The van der Waals surface area contributed by atoms with Gasteiger partial charge in [0.25, 0.3) is 0 Å². The fraction of sp³-hybridized carbons (Fsp3) is 0.923. The molecule has 0 aromatic rings. The fourth-order valence-electron chi connectivity index (χ4n) is 2.54. The molecule has 16 heavy (non-hydrogen) atoms. The predicted molar refractivity (Wildman–Crippen MR) is 71.8 cm³/mol. The lowest BCUT2D eigenvalue weighted by Gasteiger charge is -2.37. The summed E-state index contributed by atoms with van der Waals surface area (Å²) in [5.74, 6) is 0.448. The molecule has 1 aliphatic rings. The van der Waals surface area contributed by atoms with Gasteiger partial charge in [-0.05, 0) is 25.7 Å². The molecule has 0 aliphatic heterocycles. The lowest BCUT2D eigenvalue weighted by molar-refractivity contribution is -0.127. The number of rotatable bonds is 5. The van der Waals surface area contributed by atoms with Gasteiger partial charge < -0.3 is 5.32 Å². The van der Waals surface area contributed by atoms with Crippen LogP contribution in [0.2, 0.25) is 0 Å². The zero-order chi connectivity index (χ0) is 12.0. The molecule has 0 atom stereocenters. The standard InChI is InChI=1S/C13H24BrNO/c1-3-11(4-2)12(16)15-13(10-14)8-6-5-7-9-13/h11H,3-10H2,1-2H3,(H,15,16). The molecule has 0 aromatic carbocycles. The minimum absolute atomic E-state index is 0.0396. The molecular weight excluding hydrogens is 266 g/mol. The third-order valence-corrected chi connectivity index (χ3v) is 4.88. The molecule has 0 saturated heterocycles. The predicted octanol–water partition coefficient (Wildman–Crippen LogP) is 3.64. The van der Waals surface area contributed by atoms with E-state index in [2.05, 4.69) is 35.1 Å². The summed E-state index contributed by atoms with van der Waals surface area (Å²) in [7, 11) is 0. The highest BCUT2D eigenvalue weighted by atomic mass is 79.9. The summed E-state index contributed by atoms with van der Waals surface area (Å²) in [5.41, 5.74) is 0.0396. The highest BCUT2D eigenvalue weighted by molar-refractivity contribution is 9.09. The second-order valence-electron chi connectivity index (χ2n) is 4.98. The minimum atomic E-state index is 0.0396. The van der Waals surface area contributed by atoms with E-state index in [0.717, 1.165) is 31.0 Å². The number of carbonyl (C=O) groups excluding carboxylic acids is 1. The first kappa shape index (κ1) is 14.0. The quantitative estimate of drug-likeness (QED) is 0.770. The molecule has 1 saturated carbocycles. The Morgan fingerprint density at radius 2 is 1.81 bits per heavy atom. The lowest BCUT2D eigenvalue weighted by Crippen LogP contribution is -2.52. The van der Waals surface area contributed by atoms with Crippen molar-refractivity contribution in [1.82, 2.24) is 5.32 Å². The topological polar surface area (TPSA) is 29.1 Å². The minimum Gasteiger partial charge on any atom is -0.350 e. The van der Waals surface area contributed by atoms with Crippen molar-refractivity contribution in [3.05, 3.63) is 0 Å². The van der Waals surface area contributed by atoms with E-state index in [1.54, 1.807) is 0 Å². The highest BCUT2D eigenvalue weighted by Crippen LogP contribution is 2.30. The molecule has 0 spiro atoms. The van der Waals surface area contributed by atoms with Crippen LogP contribution in [0.25, 0.3) is 0 Å². The summed E-state index contributed by atoms with van der Waals surface area (Å²) < 4.78 is 0. The van der Waals surface area contributed by atoms with Crippen molar-refractivity contribution in [2.24, 2.45) is 5.92 Å². The number of alkyl halides is 1. The number of nitrogens with one attached hydrogen (secondary N) is 1. The van der Waals surface area contributed by atoms with E-state index in [4.69, 9.17) is 0 Å². The van der Waals surface area contributed by atoms with Crippen LogP contribution in [0.3, 0.4) is 0 Å². The fourth-order valence-corrected chi connectivity index (χ4v) is 3.24. The third-order valence-electron chi connectivity index (χ3n) is 3.81. The lowest BCUT2D eigenvalue weighted by atomic mass is 9.82. The molecule has 1 amide bonds. The van der Waals surface area contributed by atoms with Gasteiger partial charge in [-0.15, -0.1) is 0 Å². The van der Waals surface area contributed by atoms with E-state index < -0.39 is 0 Å². The van der Waals surface area contributed by atoms with Crippen LogP contribution in [0.5, 0.6) is 0 Å². The molecule has 1 aliphatic carbocycles. The Balaban J connectivity index is 2.57. The van der Waals surface area contributed by atoms with Gasteiger partial charge in [0, 0.05) is 16.8 Å². The van der Waals surface area contributed by atoms with Crippen LogP contribution in [0.1, 0.15) is 58.8 Å². The smallest absolute Gasteiger partial charge is 0.223 e. The summed E-state index contributed by atoms with van der Waals surface area (Å²) in [6, 6.07) is 0. The maximum atomic E-state index is 12.1. The second kappa shape index (κ2) is 6.63. The first-order valence-corrected chi connectivity index (χ1v) is 7.67. The van der Waals surface area contributed by atoms with Gasteiger partial charge in [-0.25, -0.2) is 0 Å². The SMILES string of the molecule is CCC(CC)C(=O)NC1(CBr)CCCCC1. The maximum Gasteiger partial charge on any atom is 0.223 e. The van der Waals surface area contributed by atoms with Gasteiger partial charge in [-0.2, -0.15) is 0 Å². The zero-order valence-electron chi connectivity index (χ0n) is 10.5. The number of hydrogen-bond acceptors (Lipinski definition) is 1. The van der Waals surface area contributed by atoms with E-state index in [9.17, 15) is 4.79 Å². The molecule has 1 rings (SSSR count). The van der Waals surface area contributed by atoms with Crippen LogP contribution < -0.4 is 5.32 Å². The van der Waals surface area contributed by atoms with Gasteiger partial charge >= 0.3 is 0 Å². The molecule has 0 bridgehead atoms. The first-order chi connectivity index (χ1) is 7.67. The molecule has 0 aromatic heterocycles. The zero-order valence-corrected chi connectivity index (χ0v) is 12.1. The second-order valence-corrected chi connectivity index (χ2v) is 5.54. The van der Waals surface area contributed by atoms with Crippen molar-refractivity contribution in [2.45, 2.75) is 64.3 Å². The van der Waals surface area contributed by atoms with Gasteiger partial charge in [0.05, 0.1) is 0 Å². The summed E-state index contributed by atoms with van der Waals surface area (Å²) >= 11 is 3.57. The van der Waals surface area contributed by atoms with Crippen molar-refractivity contribution < 1.29 is 4.79 Å². The largest absolute Gasteiger partial charge is 0.350 e. The van der Waals surface area contributed by atoms with Crippen LogP contribution in [0, 0.1) is 5.92 Å². The monoisotopic (exact) mass is 289 g/mol. The van der Waals surface area contributed by atoms with Gasteiger partial charge in [-0.1, -0.05) is 49.0 Å². The maximum absolute atomic E-state index is 12.1. The third kappa shape index (κ3) is 3.47. The van der Waals surface area contributed by atoms with Crippen LogP contribution in [0.15, 0.2) is 0 Å². The Morgan fingerprint density at radius 3 is 2.25 bits per heavy atom. The van der Waals surface area contributed by atoms with E-state index in [1.165, 1.54) is 19.3 Å².